The minimum Gasteiger partial charge on any atom is -0.383 e. The Hall–Kier alpha value is -2.89. The molecular weight excluding hydrogens is 490 g/mol. The van der Waals surface area contributed by atoms with E-state index in [1.165, 1.54) is 0 Å². The van der Waals surface area contributed by atoms with Gasteiger partial charge in [0.25, 0.3) is 5.91 Å². The van der Waals surface area contributed by atoms with Gasteiger partial charge in [-0.05, 0) is 69.2 Å². The minimum absolute atomic E-state index is 0.118. The summed E-state index contributed by atoms with van der Waals surface area (Å²) >= 11 is 0. The Morgan fingerprint density at radius 1 is 1.13 bits per heavy atom. The number of carbonyl (C=O) groups is 2. The summed E-state index contributed by atoms with van der Waals surface area (Å²) in [4.78, 5) is 29.4. The van der Waals surface area contributed by atoms with Crippen molar-refractivity contribution >= 4 is 22.7 Å². The van der Waals surface area contributed by atoms with Crippen LogP contribution in [-0.4, -0.2) is 66.7 Å². The molecule has 1 aromatic heterocycles. The third-order valence-corrected chi connectivity index (χ3v) is 8.40. The van der Waals surface area contributed by atoms with Gasteiger partial charge in [-0.2, -0.15) is 5.26 Å². The van der Waals surface area contributed by atoms with Gasteiger partial charge in [-0.25, -0.2) is 0 Å². The van der Waals surface area contributed by atoms with Crippen molar-refractivity contribution in [3.05, 3.63) is 36.0 Å². The molecular formula is C31H45N5O3. The van der Waals surface area contributed by atoms with Gasteiger partial charge < -0.3 is 24.8 Å². The summed E-state index contributed by atoms with van der Waals surface area (Å²) in [5.74, 6) is 0.264. The summed E-state index contributed by atoms with van der Waals surface area (Å²) in [6.07, 6.45) is 6.24. The predicted octanol–water partition coefficient (Wildman–Crippen LogP) is 4.34. The number of benzene rings is 1. The highest BCUT2D eigenvalue weighted by molar-refractivity contribution is 5.99. The first-order chi connectivity index (χ1) is 18.9. The molecule has 4 rings (SSSR count). The number of hydrogen-bond acceptors (Lipinski definition) is 5. The van der Waals surface area contributed by atoms with Crippen LogP contribution in [0.3, 0.4) is 0 Å². The predicted molar refractivity (Wildman–Crippen MR) is 153 cm³/mol. The van der Waals surface area contributed by atoms with Crippen LogP contribution < -0.4 is 10.6 Å². The van der Waals surface area contributed by atoms with E-state index in [1.54, 1.807) is 7.11 Å². The average Bonchev–Trinajstić information content (AvgIpc) is 3.30. The van der Waals surface area contributed by atoms with Crippen molar-refractivity contribution in [2.45, 2.75) is 77.4 Å². The van der Waals surface area contributed by atoms with Gasteiger partial charge in [0.05, 0.1) is 18.6 Å². The van der Waals surface area contributed by atoms with Crippen LogP contribution in [0.5, 0.6) is 0 Å². The number of nitrogens with zero attached hydrogens (tertiary/aromatic N) is 3. The first kappa shape index (κ1) is 29.1. The van der Waals surface area contributed by atoms with Gasteiger partial charge in [0.15, 0.2) is 0 Å². The smallest absolute Gasteiger partial charge is 0.268 e. The van der Waals surface area contributed by atoms with E-state index in [4.69, 9.17) is 4.74 Å². The molecule has 1 aliphatic carbocycles. The molecule has 2 aromatic rings. The van der Waals surface area contributed by atoms with E-state index < -0.39 is 6.04 Å². The number of ether oxygens (including phenoxy) is 1. The highest BCUT2D eigenvalue weighted by atomic mass is 16.5. The van der Waals surface area contributed by atoms with Gasteiger partial charge in [0.2, 0.25) is 5.91 Å². The molecule has 2 amide bonds. The molecule has 1 aliphatic heterocycles. The van der Waals surface area contributed by atoms with Crippen molar-refractivity contribution < 1.29 is 14.3 Å². The van der Waals surface area contributed by atoms with E-state index in [-0.39, 0.29) is 23.8 Å². The van der Waals surface area contributed by atoms with Gasteiger partial charge in [-0.15, -0.1) is 0 Å². The quantitative estimate of drug-likeness (QED) is 0.446. The minimum atomic E-state index is -0.501. The second kappa shape index (κ2) is 14.0. The van der Waals surface area contributed by atoms with Crippen LogP contribution in [0.15, 0.2) is 30.3 Å². The maximum atomic E-state index is 13.8. The molecule has 0 bridgehead atoms. The summed E-state index contributed by atoms with van der Waals surface area (Å²) in [6, 6.07) is 11.7. The molecule has 3 atom stereocenters. The standard InChI is InChI=1S/C31H45N5O3/c1-22(2)18-25(20-32)33-30(37)26-9-5-6-10-27(26)34-31(38)29-19-24-8-4-7-11-28(24)36(29)21-23-12-14-35(15-13-23)16-17-39-3/h4,7-8,11,19,22-23,25-27H,5-6,9-10,12-18,21H2,1-3H3,(H,33,37)(H,34,38)/t25-,26+,27-/m0/s1. The van der Waals surface area contributed by atoms with Crippen molar-refractivity contribution in [1.29, 1.82) is 5.26 Å². The van der Waals surface area contributed by atoms with Crippen molar-refractivity contribution in [3.8, 4) is 6.07 Å². The number of nitrogens with one attached hydrogen (secondary N) is 2. The first-order valence-electron chi connectivity index (χ1n) is 14.7. The lowest BCUT2D eigenvalue weighted by molar-refractivity contribution is -0.127. The molecule has 2 aliphatic rings. The van der Waals surface area contributed by atoms with Gasteiger partial charge in [0.1, 0.15) is 11.7 Å². The van der Waals surface area contributed by atoms with Crippen molar-refractivity contribution in [1.82, 2.24) is 20.1 Å². The average molecular weight is 536 g/mol. The van der Waals surface area contributed by atoms with Crippen LogP contribution >= 0.6 is 0 Å². The molecule has 8 nitrogen and oxygen atoms in total. The number of carbonyl (C=O) groups excluding carboxylic acids is 2. The summed E-state index contributed by atoms with van der Waals surface area (Å²) in [6.45, 7) is 8.72. The number of nitriles is 1. The number of aromatic nitrogens is 1. The Labute approximate surface area is 233 Å². The zero-order valence-electron chi connectivity index (χ0n) is 23.8. The third-order valence-electron chi connectivity index (χ3n) is 8.40. The zero-order valence-corrected chi connectivity index (χ0v) is 23.8. The molecule has 1 saturated heterocycles. The molecule has 0 unspecified atom stereocenters. The summed E-state index contributed by atoms with van der Waals surface area (Å²) in [7, 11) is 1.74. The van der Waals surface area contributed by atoms with Crippen molar-refractivity contribution in [2.75, 3.05) is 33.4 Å². The number of likely N-dealkylation sites (tertiary alicyclic amines) is 1. The van der Waals surface area contributed by atoms with E-state index in [2.05, 4.69) is 38.3 Å². The molecule has 39 heavy (non-hydrogen) atoms. The van der Waals surface area contributed by atoms with Crippen LogP contribution in [0.1, 0.15) is 69.3 Å². The van der Waals surface area contributed by atoms with Gasteiger partial charge in [-0.3, -0.25) is 9.59 Å². The lowest BCUT2D eigenvalue weighted by atomic mass is 9.83. The summed E-state index contributed by atoms with van der Waals surface area (Å²) in [5, 5.41) is 16.8. The second-order valence-corrected chi connectivity index (χ2v) is 11.8. The lowest BCUT2D eigenvalue weighted by Gasteiger charge is -2.33. The topological polar surface area (TPSA) is 99.4 Å². The Morgan fingerprint density at radius 3 is 2.59 bits per heavy atom. The molecule has 0 radical (unpaired) electrons. The highest BCUT2D eigenvalue weighted by Gasteiger charge is 2.34. The fourth-order valence-corrected chi connectivity index (χ4v) is 6.22. The first-order valence-corrected chi connectivity index (χ1v) is 14.7. The van der Waals surface area contributed by atoms with E-state index in [0.717, 1.165) is 82.2 Å². The number of fused-ring (bicyclic) bond motifs is 1. The summed E-state index contributed by atoms with van der Waals surface area (Å²) < 4.78 is 7.43. The molecule has 1 aromatic carbocycles. The highest BCUT2D eigenvalue weighted by Crippen LogP contribution is 2.28. The number of hydrogen-bond donors (Lipinski definition) is 2. The Balaban J connectivity index is 1.47. The zero-order chi connectivity index (χ0) is 27.8. The number of para-hydroxylation sites is 1. The number of methoxy groups -OCH3 is 1. The number of rotatable bonds is 11. The molecule has 1 saturated carbocycles. The molecule has 2 heterocycles. The molecule has 212 valence electrons. The van der Waals surface area contributed by atoms with Gasteiger partial charge in [0, 0.05) is 37.1 Å². The Bertz CT molecular complexity index is 1140. The lowest BCUT2D eigenvalue weighted by Crippen LogP contribution is -2.50. The van der Waals surface area contributed by atoms with Crippen LogP contribution in [0.25, 0.3) is 10.9 Å². The maximum absolute atomic E-state index is 13.8. The van der Waals surface area contributed by atoms with Crippen LogP contribution in [0, 0.1) is 29.1 Å². The van der Waals surface area contributed by atoms with Crippen molar-refractivity contribution in [3.63, 3.8) is 0 Å². The van der Waals surface area contributed by atoms with Crippen LogP contribution in [0.2, 0.25) is 0 Å². The second-order valence-electron chi connectivity index (χ2n) is 11.8. The molecule has 0 spiro atoms. The van der Waals surface area contributed by atoms with Crippen LogP contribution in [0.4, 0.5) is 0 Å². The Kier molecular flexibility index (Phi) is 10.4. The van der Waals surface area contributed by atoms with E-state index in [1.807, 2.05) is 32.0 Å². The van der Waals surface area contributed by atoms with E-state index in [0.29, 0.717) is 24.0 Å². The molecule has 2 N–H and O–H groups in total. The van der Waals surface area contributed by atoms with Gasteiger partial charge in [-0.1, -0.05) is 44.9 Å². The Morgan fingerprint density at radius 2 is 1.87 bits per heavy atom. The number of piperidine rings is 1. The maximum Gasteiger partial charge on any atom is 0.268 e. The summed E-state index contributed by atoms with van der Waals surface area (Å²) in [5.41, 5.74) is 1.74. The number of amides is 2. The largest absolute Gasteiger partial charge is 0.383 e. The van der Waals surface area contributed by atoms with Crippen molar-refractivity contribution in [2.24, 2.45) is 17.8 Å². The van der Waals surface area contributed by atoms with Crippen LogP contribution in [-0.2, 0) is 16.1 Å². The fourth-order valence-electron chi connectivity index (χ4n) is 6.22. The fraction of sp³-hybridized carbons (Fsp3) is 0.645. The normalized spacial score (nSPS) is 21.5. The third kappa shape index (κ3) is 7.61. The molecule has 2 fully saturated rings. The van der Waals surface area contributed by atoms with E-state index in [9.17, 15) is 14.9 Å². The monoisotopic (exact) mass is 535 g/mol. The SMILES string of the molecule is COCCN1CCC(Cn2c(C(=O)N[C@H]3CCCC[C@H]3C(=O)N[C@H](C#N)CC(C)C)cc3ccccc32)CC1. The molecule has 8 heteroatoms. The van der Waals surface area contributed by atoms with E-state index >= 15 is 0 Å². The van der Waals surface area contributed by atoms with Gasteiger partial charge >= 0.3 is 0 Å².